The number of morpholine rings is 1. The summed E-state index contributed by atoms with van der Waals surface area (Å²) in [5.41, 5.74) is 9.16. The molecule has 39 heavy (non-hydrogen) atoms. The average molecular weight is 531 g/mol. The van der Waals surface area contributed by atoms with Gasteiger partial charge in [-0.25, -0.2) is 0 Å². The Bertz CT molecular complexity index is 1290. The molecule has 0 bridgehead atoms. The third-order valence-corrected chi connectivity index (χ3v) is 6.69. The molecule has 0 aliphatic carbocycles. The Balaban J connectivity index is 1.23. The van der Waals surface area contributed by atoms with Crippen LogP contribution >= 0.6 is 0 Å². The number of nitrogens with zero attached hydrogens (tertiary/aromatic N) is 3. The van der Waals surface area contributed by atoms with E-state index in [1.165, 1.54) is 0 Å². The van der Waals surface area contributed by atoms with E-state index in [4.69, 9.17) is 19.9 Å². The van der Waals surface area contributed by atoms with Crippen molar-refractivity contribution in [1.82, 2.24) is 14.8 Å². The molecule has 3 aromatic rings. The largest absolute Gasteiger partial charge is 0.454 e. The normalized spacial score (nSPS) is 14.6. The Morgan fingerprint density at radius 2 is 1.87 bits per heavy atom. The molecule has 0 unspecified atom stereocenters. The predicted molar refractivity (Wildman–Crippen MR) is 151 cm³/mol. The number of anilines is 3. The van der Waals surface area contributed by atoms with Crippen molar-refractivity contribution in [2.75, 3.05) is 62.6 Å². The molecule has 0 spiro atoms. The smallest absolute Gasteiger partial charge is 0.274 e. The van der Waals surface area contributed by atoms with Crippen molar-refractivity contribution in [3.05, 3.63) is 84.5 Å². The van der Waals surface area contributed by atoms with Crippen molar-refractivity contribution in [3.8, 4) is 11.5 Å². The van der Waals surface area contributed by atoms with E-state index in [0.717, 1.165) is 68.6 Å². The third-order valence-electron chi connectivity index (χ3n) is 6.69. The van der Waals surface area contributed by atoms with Crippen LogP contribution in [0.2, 0.25) is 0 Å². The minimum atomic E-state index is -0.310. The quantitative estimate of drug-likeness (QED) is 0.319. The lowest BCUT2D eigenvalue weighted by molar-refractivity contribution is 0.0364. The molecule has 0 saturated carbocycles. The second-order valence-electron chi connectivity index (χ2n) is 9.46. The zero-order valence-corrected chi connectivity index (χ0v) is 21.9. The van der Waals surface area contributed by atoms with Crippen LogP contribution in [0.3, 0.4) is 0 Å². The summed E-state index contributed by atoms with van der Waals surface area (Å²) in [6.45, 7) is 10.4. The van der Waals surface area contributed by atoms with Gasteiger partial charge < -0.3 is 35.5 Å². The zero-order valence-electron chi connectivity index (χ0n) is 21.9. The third kappa shape index (κ3) is 6.98. The number of benzene rings is 2. The molecular weight excluding hydrogens is 496 g/mol. The predicted octanol–water partition coefficient (Wildman–Crippen LogP) is 3.75. The van der Waals surface area contributed by atoms with E-state index in [-0.39, 0.29) is 12.7 Å². The Hall–Kier alpha value is -4.28. The van der Waals surface area contributed by atoms with Crippen molar-refractivity contribution in [2.24, 2.45) is 0 Å². The highest BCUT2D eigenvalue weighted by Gasteiger charge is 2.17. The number of carbonyl (C=O) groups excluding carboxylic acids is 1. The first-order valence-corrected chi connectivity index (χ1v) is 13.1. The van der Waals surface area contributed by atoms with E-state index in [2.05, 4.69) is 32.0 Å². The summed E-state index contributed by atoms with van der Waals surface area (Å²) in [6.07, 6.45) is 2.69. The summed E-state index contributed by atoms with van der Waals surface area (Å²) in [6, 6.07) is 16.5. The lowest BCUT2D eigenvalue weighted by Crippen LogP contribution is -2.38. The number of nitrogen functional groups attached to an aromatic ring is 1. The molecule has 5 rings (SSSR count). The molecule has 204 valence electrons. The lowest BCUT2D eigenvalue weighted by atomic mass is 10.2. The number of hydrogen-bond acceptors (Lipinski definition) is 9. The van der Waals surface area contributed by atoms with Gasteiger partial charge in [0.2, 0.25) is 6.79 Å². The van der Waals surface area contributed by atoms with Crippen molar-refractivity contribution >= 4 is 23.0 Å². The molecule has 0 radical (unpaired) electrons. The maximum atomic E-state index is 12.7. The van der Waals surface area contributed by atoms with Crippen LogP contribution < -0.4 is 25.8 Å². The molecule has 10 nitrogen and oxygen atoms in total. The molecule has 0 atom stereocenters. The Kier molecular flexibility index (Phi) is 8.45. The van der Waals surface area contributed by atoms with Crippen LogP contribution in [0.1, 0.15) is 22.5 Å². The second-order valence-corrected chi connectivity index (χ2v) is 9.46. The maximum Gasteiger partial charge on any atom is 0.274 e. The van der Waals surface area contributed by atoms with Crippen molar-refractivity contribution < 1.29 is 19.0 Å². The van der Waals surface area contributed by atoms with Crippen LogP contribution in [0.5, 0.6) is 11.5 Å². The Morgan fingerprint density at radius 3 is 2.67 bits per heavy atom. The maximum absolute atomic E-state index is 12.7. The van der Waals surface area contributed by atoms with E-state index in [0.29, 0.717) is 29.4 Å². The van der Waals surface area contributed by atoms with Gasteiger partial charge in [0.15, 0.2) is 11.5 Å². The molecule has 2 aliphatic rings. The summed E-state index contributed by atoms with van der Waals surface area (Å²) in [7, 11) is 0. The van der Waals surface area contributed by atoms with Crippen LogP contribution in [0.25, 0.3) is 0 Å². The molecule has 3 heterocycles. The number of rotatable bonds is 11. The van der Waals surface area contributed by atoms with Gasteiger partial charge in [-0.3, -0.25) is 14.7 Å². The van der Waals surface area contributed by atoms with E-state index < -0.39 is 0 Å². The summed E-state index contributed by atoms with van der Waals surface area (Å²) in [4.78, 5) is 21.7. The lowest BCUT2D eigenvalue weighted by Gasteiger charge is -2.30. The number of nitrogens with one attached hydrogen (secondary N) is 2. The minimum Gasteiger partial charge on any atom is -0.454 e. The second kappa shape index (κ2) is 12.5. The number of amides is 1. The van der Waals surface area contributed by atoms with Gasteiger partial charge in [-0.2, -0.15) is 0 Å². The van der Waals surface area contributed by atoms with Crippen LogP contribution in [0.4, 0.5) is 17.1 Å². The van der Waals surface area contributed by atoms with Crippen LogP contribution in [-0.4, -0.2) is 66.9 Å². The summed E-state index contributed by atoms with van der Waals surface area (Å²) >= 11 is 0. The molecule has 2 aliphatic heterocycles. The molecule has 2 aromatic carbocycles. The molecule has 10 heteroatoms. The van der Waals surface area contributed by atoms with E-state index in [1.54, 1.807) is 24.4 Å². The van der Waals surface area contributed by atoms with Crippen molar-refractivity contribution in [3.63, 3.8) is 0 Å². The number of fused-ring (bicyclic) bond motifs is 1. The topological polar surface area (TPSA) is 114 Å². The van der Waals surface area contributed by atoms with E-state index in [9.17, 15) is 4.79 Å². The first-order chi connectivity index (χ1) is 19.0. The highest BCUT2D eigenvalue weighted by molar-refractivity contribution is 6.04. The summed E-state index contributed by atoms with van der Waals surface area (Å²) in [5, 5.41) is 6.22. The fourth-order valence-corrected chi connectivity index (χ4v) is 4.51. The van der Waals surface area contributed by atoms with Gasteiger partial charge >= 0.3 is 0 Å². The van der Waals surface area contributed by atoms with E-state index in [1.807, 2.05) is 36.4 Å². The fourth-order valence-electron chi connectivity index (χ4n) is 4.51. The molecule has 1 saturated heterocycles. The number of hydrogen-bond donors (Lipinski definition) is 3. The van der Waals surface area contributed by atoms with Crippen molar-refractivity contribution in [2.45, 2.75) is 13.0 Å². The number of ether oxygens (including phenoxy) is 3. The Morgan fingerprint density at radius 1 is 1.05 bits per heavy atom. The van der Waals surface area contributed by atoms with Gasteiger partial charge in [0.25, 0.3) is 5.91 Å². The number of nitrogens with two attached hydrogens (primary N) is 1. The van der Waals surface area contributed by atoms with Gasteiger partial charge in [0.05, 0.1) is 30.4 Å². The summed E-state index contributed by atoms with van der Waals surface area (Å²) in [5.74, 6) is 1.90. The molecular formula is C29H34N6O4. The van der Waals surface area contributed by atoms with Gasteiger partial charge in [-0.15, -0.1) is 0 Å². The standard InChI is InChI=1S/C29H34N6O4/c1-21(32-23-8-10-27-28(17-23)39-20-38-27)35(12-4-11-34-13-15-37-16-14-34)19-22-7-9-26(31-18-22)29(36)33-25-6-3-2-5-24(25)30/h2-3,5-10,17-18,32H,1,4,11-16,19-20,30H2,(H,33,36). The number of pyridine rings is 1. The van der Waals surface area contributed by atoms with Gasteiger partial charge in [-0.05, 0) is 42.3 Å². The first-order valence-electron chi connectivity index (χ1n) is 13.1. The SMILES string of the molecule is C=C(Nc1ccc2c(c1)OCO2)N(CCCN1CCOCC1)Cc1ccc(C(=O)Nc2ccccc2N)nc1. The Labute approximate surface area is 228 Å². The first kappa shape index (κ1) is 26.3. The number of para-hydroxylation sites is 2. The highest BCUT2D eigenvalue weighted by atomic mass is 16.7. The molecule has 1 aromatic heterocycles. The van der Waals surface area contributed by atoms with Gasteiger partial charge in [-0.1, -0.05) is 24.8 Å². The van der Waals surface area contributed by atoms with Crippen LogP contribution in [0.15, 0.2) is 73.2 Å². The minimum absolute atomic E-state index is 0.229. The molecule has 4 N–H and O–H groups in total. The molecule has 1 fully saturated rings. The highest BCUT2D eigenvalue weighted by Crippen LogP contribution is 2.34. The molecule has 1 amide bonds. The fraction of sp³-hybridized carbons (Fsp3) is 0.310. The average Bonchev–Trinajstić information content (AvgIpc) is 3.43. The summed E-state index contributed by atoms with van der Waals surface area (Å²) < 4.78 is 16.4. The number of aromatic nitrogens is 1. The zero-order chi connectivity index (χ0) is 27.0. The van der Waals surface area contributed by atoms with Crippen LogP contribution in [0, 0.1) is 0 Å². The van der Waals surface area contributed by atoms with Crippen LogP contribution in [-0.2, 0) is 11.3 Å². The van der Waals surface area contributed by atoms with Gasteiger partial charge in [0.1, 0.15) is 5.69 Å². The van der Waals surface area contributed by atoms with E-state index >= 15 is 0 Å². The number of carbonyl (C=O) groups is 1. The van der Waals surface area contributed by atoms with Gasteiger partial charge in [0, 0.05) is 50.7 Å². The monoisotopic (exact) mass is 530 g/mol. The van der Waals surface area contributed by atoms with Crippen molar-refractivity contribution in [1.29, 1.82) is 0 Å².